The number of benzene rings is 1. The second-order valence-corrected chi connectivity index (χ2v) is 6.61. The van der Waals surface area contributed by atoms with E-state index < -0.39 is 0 Å². The van der Waals surface area contributed by atoms with Crippen molar-refractivity contribution in [2.75, 3.05) is 12.3 Å². The molecular weight excluding hydrogens is 301 g/mol. The maximum Gasteiger partial charge on any atom is 0.223 e. The van der Waals surface area contributed by atoms with E-state index in [1.807, 2.05) is 17.0 Å². The largest absolute Gasteiger partial charge is 0.326 e. The zero-order valence-corrected chi connectivity index (χ0v) is 13.2. The van der Waals surface area contributed by atoms with Crippen LogP contribution in [0.3, 0.4) is 0 Å². The molecule has 0 bridgehead atoms. The van der Waals surface area contributed by atoms with Crippen LogP contribution < -0.4 is 0 Å². The van der Waals surface area contributed by atoms with Gasteiger partial charge in [0.15, 0.2) is 0 Å². The molecule has 0 saturated carbocycles. The van der Waals surface area contributed by atoms with Crippen molar-refractivity contribution in [2.24, 2.45) is 0 Å². The number of amides is 1. The number of nitrogens with zero attached hydrogens (tertiary/aromatic N) is 1. The molecule has 19 heavy (non-hydrogen) atoms. The summed E-state index contributed by atoms with van der Waals surface area (Å²) < 4.78 is 0. The molecule has 1 unspecified atom stereocenters. The Balaban J connectivity index is 2.16. The molecule has 1 atom stereocenters. The summed E-state index contributed by atoms with van der Waals surface area (Å²) in [6, 6.07) is 5.50. The van der Waals surface area contributed by atoms with Gasteiger partial charge in [0.05, 0.1) is 0 Å². The molecule has 0 radical (unpaired) electrons. The van der Waals surface area contributed by atoms with Gasteiger partial charge in [-0.25, -0.2) is 0 Å². The van der Waals surface area contributed by atoms with Crippen LogP contribution in [0, 0.1) is 0 Å². The molecule has 0 aliphatic carbocycles. The van der Waals surface area contributed by atoms with Crippen molar-refractivity contribution in [1.29, 1.82) is 0 Å². The lowest BCUT2D eigenvalue weighted by molar-refractivity contribution is -0.131. The van der Waals surface area contributed by atoms with E-state index in [1.54, 1.807) is 17.8 Å². The molecule has 1 saturated heterocycles. The third-order valence-corrected chi connectivity index (χ3v) is 4.99. The highest BCUT2D eigenvalue weighted by Gasteiger charge is 2.31. The molecule has 1 aliphatic heterocycles. The Bertz CT molecular complexity index is 467. The number of carbonyl (C=O) groups is 1. The SMILES string of the molecule is CCCCC(=O)N1CCSC1c1ccc(Cl)cc1Cl. The first-order chi connectivity index (χ1) is 9.13. The van der Waals surface area contributed by atoms with Gasteiger partial charge >= 0.3 is 0 Å². The average molecular weight is 318 g/mol. The van der Waals surface area contributed by atoms with Gasteiger partial charge in [-0.2, -0.15) is 0 Å². The monoisotopic (exact) mass is 317 g/mol. The summed E-state index contributed by atoms with van der Waals surface area (Å²) in [6.45, 7) is 2.90. The minimum absolute atomic E-state index is 0.0362. The van der Waals surface area contributed by atoms with Gasteiger partial charge in [-0.15, -0.1) is 11.8 Å². The summed E-state index contributed by atoms with van der Waals surface area (Å²) in [5.41, 5.74) is 0.985. The Morgan fingerprint density at radius 1 is 1.47 bits per heavy atom. The van der Waals surface area contributed by atoms with E-state index in [2.05, 4.69) is 6.92 Å². The number of hydrogen-bond donors (Lipinski definition) is 0. The molecule has 0 N–H and O–H groups in total. The van der Waals surface area contributed by atoms with Crippen molar-refractivity contribution in [3.63, 3.8) is 0 Å². The van der Waals surface area contributed by atoms with Crippen molar-refractivity contribution in [1.82, 2.24) is 4.90 Å². The van der Waals surface area contributed by atoms with Crippen LogP contribution in [-0.4, -0.2) is 23.1 Å². The predicted octanol–water partition coefficient (Wildman–Crippen LogP) is 4.76. The number of halogens is 2. The molecule has 1 amide bonds. The summed E-state index contributed by atoms with van der Waals surface area (Å²) in [7, 11) is 0. The van der Waals surface area contributed by atoms with Gasteiger partial charge in [0, 0.05) is 34.3 Å². The Morgan fingerprint density at radius 3 is 2.95 bits per heavy atom. The van der Waals surface area contributed by atoms with Crippen LogP contribution in [0.2, 0.25) is 10.0 Å². The molecule has 0 aromatic heterocycles. The van der Waals surface area contributed by atoms with E-state index in [-0.39, 0.29) is 11.3 Å². The molecule has 5 heteroatoms. The third kappa shape index (κ3) is 3.59. The van der Waals surface area contributed by atoms with Crippen LogP contribution in [0.15, 0.2) is 18.2 Å². The maximum atomic E-state index is 12.2. The zero-order valence-electron chi connectivity index (χ0n) is 10.9. The van der Waals surface area contributed by atoms with Crippen LogP contribution >= 0.6 is 35.0 Å². The van der Waals surface area contributed by atoms with Gasteiger partial charge in [0.2, 0.25) is 5.91 Å². The van der Waals surface area contributed by atoms with Crippen LogP contribution in [0.25, 0.3) is 0 Å². The topological polar surface area (TPSA) is 20.3 Å². The Hall–Kier alpha value is -0.380. The Labute approximate surface area is 128 Å². The Morgan fingerprint density at radius 2 is 2.26 bits per heavy atom. The minimum atomic E-state index is 0.0362. The van der Waals surface area contributed by atoms with E-state index in [0.717, 1.165) is 30.7 Å². The van der Waals surface area contributed by atoms with Gasteiger partial charge in [-0.1, -0.05) is 42.6 Å². The van der Waals surface area contributed by atoms with E-state index in [4.69, 9.17) is 23.2 Å². The molecule has 1 aliphatic rings. The van der Waals surface area contributed by atoms with Crippen molar-refractivity contribution in [3.05, 3.63) is 33.8 Å². The van der Waals surface area contributed by atoms with Crippen molar-refractivity contribution in [3.8, 4) is 0 Å². The molecule has 104 valence electrons. The molecule has 1 aromatic carbocycles. The molecule has 2 rings (SSSR count). The highest BCUT2D eigenvalue weighted by Crippen LogP contribution is 2.41. The molecule has 1 heterocycles. The van der Waals surface area contributed by atoms with Gasteiger partial charge in [0.25, 0.3) is 0 Å². The zero-order chi connectivity index (χ0) is 13.8. The number of unbranched alkanes of at least 4 members (excludes halogenated alkanes) is 1. The summed E-state index contributed by atoms with van der Waals surface area (Å²) in [6.07, 6.45) is 2.61. The first-order valence-corrected chi connectivity index (χ1v) is 8.30. The van der Waals surface area contributed by atoms with Crippen LogP contribution in [0.4, 0.5) is 0 Å². The smallest absolute Gasteiger partial charge is 0.223 e. The fraction of sp³-hybridized carbons (Fsp3) is 0.500. The van der Waals surface area contributed by atoms with Crippen LogP contribution in [-0.2, 0) is 4.79 Å². The standard InChI is InChI=1S/C14H17Cl2NOS/c1-2-3-4-13(18)17-7-8-19-14(17)11-6-5-10(15)9-12(11)16/h5-6,9,14H,2-4,7-8H2,1H3. The predicted molar refractivity (Wildman–Crippen MR) is 82.9 cm³/mol. The fourth-order valence-electron chi connectivity index (χ4n) is 2.16. The van der Waals surface area contributed by atoms with Crippen molar-refractivity contribution >= 4 is 40.9 Å². The lowest BCUT2D eigenvalue weighted by Crippen LogP contribution is -2.30. The summed E-state index contributed by atoms with van der Waals surface area (Å²) >= 11 is 13.9. The second-order valence-electron chi connectivity index (χ2n) is 4.58. The van der Waals surface area contributed by atoms with E-state index in [9.17, 15) is 4.79 Å². The van der Waals surface area contributed by atoms with Crippen molar-refractivity contribution < 1.29 is 4.79 Å². The number of hydrogen-bond acceptors (Lipinski definition) is 2. The summed E-state index contributed by atoms with van der Waals surface area (Å²) in [5.74, 6) is 1.18. The summed E-state index contributed by atoms with van der Waals surface area (Å²) in [5, 5.41) is 1.30. The van der Waals surface area contributed by atoms with Crippen LogP contribution in [0.5, 0.6) is 0 Å². The third-order valence-electron chi connectivity index (χ3n) is 3.18. The highest BCUT2D eigenvalue weighted by atomic mass is 35.5. The minimum Gasteiger partial charge on any atom is -0.326 e. The van der Waals surface area contributed by atoms with E-state index >= 15 is 0 Å². The van der Waals surface area contributed by atoms with Gasteiger partial charge in [-0.05, 0) is 18.6 Å². The normalized spacial score (nSPS) is 18.9. The lowest BCUT2D eigenvalue weighted by Gasteiger charge is -2.25. The molecule has 0 spiro atoms. The molecule has 2 nitrogen and oxygen atoms in total. The fourth-order valence-corrected chi connectivity index (χ4v) is 4.05. The number of thioether (sulfide) groups is 1. The first kappa shape index (κ1) is 15.0. The number of rotatable bonds is 4. The van der Waals surface area contributed by atoms with Gasteiger partial charge in [-0.3, -0.25) is 4.79 Å². The molecule has 1 aromatic rings. The van der Waals surface area contributed by atoms with Gasteiger partial charge < -0.3 is 4.90 Å². The van der Waals surface area contributed by atoms with Crippen LogP contribution in [0.1, 0.15) is 37.1 Å². The van der Waals surface area contributed by atoms with Crippen molar-refractivity contribution in [2.45, 2.75) is 31.6 Å². The summed E-state index contributed by atoms with van der Waals surface area (Å²) in [4.78, 5) is 14.1. The molecule has 1 fully saturated rings. The maximum absolute atomic E-state index is 12.2. The first-order valence-electron chi connectivity index (χ1n) is 6.49. The van der Waals surface area contributed by atoms with E-state index in [0.29, 0.717) is 16.5 Å². The average Bonchev–Trinajstić information content (AvgIpc) is 2.85. The Kier molecular flexibility index (Phi) is 5.43. The second kappa shape index (κ2) is 6.87. The lowest BCUT2D eigenvalue weighted by atomic mass is 10.2. The highest BCUT2D eigenvalue weighted by molar-refractivity contribution is 7.99. The van der Waals surface area contributed by atoms with E-state index in [1.165, 1.54) is 0 Å². The quantitative estimate of drug-likeness (QED) is 0.798. The number of carbonyl (C=O) groups excluding carboxylic acids is 1. The van der Waals surface area contributed by atoms with Gasteiger partial charge in [0.1, 0.15) is 5.37 Å². The molecular formula is C14H17Cl2NOS.